The van der Waals surface area contributed by atoms with Gasteiger partial charge in [-0.15, -0.1) is 0 Å². The summed E-state index contributed by atoms with van der Waals surface area (Å²) in [4.78, 5) is -0.828. The molecule has 2 N–H and O–H groups in total. The minimum Gasteiger partial charge on any atom is -0.495 e. The van der Waals surface area contributed by atoms with Gasteiger partial charge in [-0.3, -0.25) is 9.44 Å². The molecule has 0 aromatic heterocycles. The van der Waals surface area contributed by atoms with Gasteiger partial charge in [-0.2, -0.15) is 0 Å². The van der Waals surface area contributed by atoms with Crippen LogP contribution in [0.2, 0.25) is 0 Å². The largest absolute Gasteiger partial charge is 0.495 e. The van der Waals surface area contributed by atoms with Crippen LogP contribution in [0.1, 0.15) is 5.56 Å². The molecule has 164 valence electrons. The predicted octanol–water partition coefficient (Wildman–Crippen LogP) is 3.88. The number of aryl methyl sites for hydroxylation is 1. The van der Waals surface area contributed by atoms with Crippen LogP contribution in [0.25, 0.3) is 0 Å². The monoisotopic (exact) mass is 468 g/mol. The standard InChI is InChI=1S/C20H18F2N2O5S2/c1-13-7-8-16(23-30(25,26)17-10-14(21)9-15(22)11-17)12-20(13)31(27,28)24-18-5-3-4-6-19(18)29-2/h3-12,23-24H,1-2H3. The summed E-state index contributed by atoms with van der Waals surface area (Å²) in [7, 11) is -7.09. The number of ether oxygens (including phenoxy) is 1. The molecule has 11 heteroatoms. The first-order valence-corrected chi connectivity index (χ1v) is 11.7. The first-order valence-electron chi connectivity index (χ1n) is 8.77. The number of para-hydroxylation sites is 2. The topological polar surface area (TPSA) is 102 Å². The summed E-state index contributed by atoms with van der Waals surface area (Å²) < 4.78 is 87.3. The van der Waals surface area contributed by atoms with Gasteiger partial charge in [0, 0.05) is 6.07 Å². The van der Waals surface area contributed by atoms with Crippen LogP contribution in [-0.2, 0) is 20.0 Å². The molecule has 0 bridgehead atoms. The smallest absolute Gasteiger partial charge is 0.262 e. The Morgan fingerprint density at radius 2 is 1.45 bits per heavy atom. The van der Waals surface area contributed by atoms with Gasteiger partial charge in [-0.25, -0.2) is 25.6 Å². The summed E-state index contributed by atoms with van der Waals surface area (Å²) in [6, 6.07) is 12.1. The molecule has 0 saturated heterocycles. The highest BCUT2D eigenvalue weighted by Crippen LogP contribution is 2.29. The normalized spacial score (nSPS) is 11.7. The van der Waals surface area contributed by atoms with Gasteiger partial charge in [0.05, 0.1) is 28.3 Å². The Hall–Kier alpha value is -3.18. The number of halogens is 2. The van der Waals surface area contributed by atoms with E-state index in [4.69, 9.17) is 4.74 Å². The van der Waals surface area contributed by atoms with Crippen LogP contribution in [-0.4, -0.2) is 23.9 Å². The molecule has 0 amide bonds. The van der Waals surface area contributed by atoms with Crippen LogP contribution in [0, 0.1) is 18.6 Å². The van der Waals surface area contributed by atoms with Gasteiger partial charge >= 0.3 is 0 Å². The van der Waals surface area contributed by atoms with Gasteiger partial charge in [0.15, 0.2) is 0 Å². The molecule has 0 fully saturated rings. The summed E-state index contributed by atoms with van der Waals surface area (Å²) in [6.07, 6.45) is 0. The summed E-state index contributed by atoms with van der Waals surface area (Å²) in [5, 5.41) is 0. The Labute approximate surface area is 178 Å². The SMILES string of the molecule is COc1ccccc1NS(=O)(=O)c1cc(NS(=O)(=O)c2cc(F)cc(F)c2)ccc1C. The zero-order valence-electron chi connectivity index (χ0n) is 16.4. The Balaban J connectivity index is 1.96. The van der Waals surface area contributed by atoms with Crippen molar-refractivity contribution >= 4 is 31.4 Å². The van der Waals surface area contributed by atoms with E-state index < -0.39 is 36.6 Å². The fourth-order valence-corrected chi connectivity index (χ4v) is 5.21. The van der Waals surface area contributed by atoms with Crippen molar-refractivity contribution in [2.24, 2.45) is 0 Å². The van der Waals surface area contributed by atoms with E-state index in [1.165, 1.54) is 32.2 Å². The maximum absolute atomic E-state index is 13.4. The van der Waals surface area contributed by atoms with Gasteiger partial charge in [-0.05, 0) is 48.9 Å². The first-order chi connectivity index (χ1) is 14.5. The molecule has 0 aliphatic heterocycles. The quantitative estimate of drug-likeness (QED) is 0.548. The molecule has 7 nitrogen and oxygen atoms in total. The molecular weight excluding hydrogens is 450 g/mol. The molecule has 0 radical (unpaired) electrons. The molecule has 0 unspecified atom stereocenters. The Morgan fingerprint density at radius 3 is 2.10 bits per heavy atom. The number of sulfonamides is 2. The summed E-state index contributed by atoms with van der Waals surface area (Å²) in [5.74, 6) is -1.82. The van der Waals surface area contributed by atoms with Gasteiger partial charge in [0.25, 0.3) is 20.0 Å². The minimum absolute atomic E-state index is 0.101. The maximum Gasteiger partial charge on any atom is 0.262 e. The average Bonchev–Trinajstić information content (AvgIpc) is 2.68. The second kappa shape index (κ2) is 8.52. The van der Waals surface area contributed by atoms with Gasteiger partial charge in [-0.1, -0.05) is 18.2 Å². The van der Waals surface area contributed by atoms with E-state index in [2.05, 4.69) is 9.44 Å². The van der Waals surface area contributed by atoms with Crippen LogP contribution >= 0.6 is 0 Å². The minimum atomic E-state index is -4.37. The van der Waals surface area contributed by atoms with Crippen molar-refractivity contribution in [3.63, 3.8) is 0 Å². The fraction of sp³-hybridized carbons (Fsp3) is 0.100. The molecule has 3 rings (SSSR count). The average molecular weight is 469 g/mol. The van der Waals surface area contributed by atoms with Crippen molar-refractivity contribution in [1.82, 2.24) is 0 Å². The highest BCUT2D eigenvalue weighted by Gasteiger charge is 2.22. The predicted molar refractivity (Wildman–Crippen MR) is 112 cm³/mol. The van der Waals surface area contributed by atoms with Crippen molar-refractivity contribution < 1.29 is 30.4 Å². The molecular formula is C20H18F2N2O5S2. The molecule has 3 aromatic rings. The summed E-state index contributed by atoms with van der Waals surface area (Å²) in [5.41, 5.74) is 0.448. The highest BCUT2D eigenvalue weighted by atomic mass is 32.2. The first kappa shape index (κ1) is 22.5. The van der Waals surface area contributed by atoms with Gasteiger partial charge < -0.3 is 4.74 Å². The molecule has 0 saturated carbocycles. The van der Waals surface area contributed by atoms with E-state index in [1.807, 2.05) is 0 Å². The third-order valence-corrected chi connectivity index (χ3v) is 7.10. The highest BCUT2D eigenvalue weighted by molar-refractivity contribution is 7.93. The number of hydrogen-bond donors (Lipinski definition) is 2. The van der Waals surface area contributed by atoms with E-state index in [-0.39, 0.29) is 16.3 Å². The number of benzene rings is 3. The third-order valence-electron chi connectivity index (χ3n) is 4.23. The van der Waals surface area contributed by atoms with Crippen molar-refractivity contribution in [3.05, 3.63) is 77.9 Å². The van der Waals surface area contributed by atoms with Gasteiger partial charge in [0.1, 0.15) is 17.4 Å². The molecule has 0 atom stereocenters. The van der Waals surface area contributed by atoms with Crippen molar-refractivity contribution in [2.75, 3.05) is 16.6 Å². The van der Waals surface area contributed by atoms with Crippen LogP contribution in [0.4, 0.5) is 20.2 Å². The summed E-state index contributed by atoms with van der Waals surface area (Å²) >= 11 is 0. The van der Waals surface area contributed by atoms with Crippen LogP contribution in [0.3, 0.4) is 0 Å². The van der Waals surface area contributed by atoms with Crippen LogP contribution < -0.4 is 14.2 Å². The Morgan fingerprint density at radius 1 is 0.806 bits per heavy atom. The molecule has 0 aliphatic rings. The second-order valence-electron chi connectivity index (χ2n) is 6.50. The lowest BCUT2D eigenvalue weighted by Crippen LogP contribution is -2.17. The molecule has 0 heterocycles. The summed E-state index contributed by atoms with van der Waals surface area (Å²) in [6.45, 7) is 1.54. The van der Waals surface area contributed by atoms with Crippen molar-refractivity contribution in [2.45, 2.75) is 16.7 Å². The second-order valence-corrected chi connectivity index (χ2v) is 9.83. The lowest BCUT2D eigenvalue weighted by molar-refractivity contribution is 0.417. The third kappa shape index (κ3) is 5.12. The fourth-order valence-electron chi connectivity index (χ4n) is 2.78. The zero-order chi connectivity index (χ0) is 22.8. The number of nitrogens with one attached hydrogen (secondary N) is 2. The molecule has 3 aromatic carbocycles. The van der Waals surface area contributed by atoms with E-state index in [0.29, 0.717) is 29.5 Å². The van der Waals surface area contributed by atoms with Crippen LogP contribution in [0.5, 0.6) is 5.75 Å². The number of rotatable bonds is 7. The van der Waals surface area contributed by atoms with Crippen LogP contribution in [0.15, 0.2) is 70.5 Å². The van der Waals surface area contributed by atoms with Crippen molar-refractivity contribution in [3.8, 4) is 5.75 Å². The van der Waals surface area contributed by atoms with E-state index in [0.717, 1.165) is 6.07 Å². The van der Waals surface area contributed by atoms with E-state index >= 15 is 0 Å². The maximum atomic E-state index is 13.4. The zero-order valence-corrected chi connectivity index (χ0v) is 18.0. The Bertz CT molecular complexity index is 1320. The molecule has 0 spiro atoms. The molecule has 0 aliphatic carbocycles. The lowest BCUT2D eigenvalue weighted by atomic mass is 10.2. The van der Waals surface area contributed by atoms with Gasteiger partial charge in [0.2, 0.25) is 0 Å². The number of methoxy groups -OCH3 is 1. The lowest BCUT2D eigenvalue weighted by Gasteiger charge is -2.15. The van der Waals surface area contributed by atoms with E-state index in [9.17, 15) is 25.6 Å². The van der Waals surface area contributed by atoms with Crippen molar-refractivity contribution in [1.29, 1.82) is 0 Å². The molecule has 31 heavy (non-hydrogen) atoms. The van der Waals surface area contributed by atoms with E-state index in [1.54, 1.807) is 18.2 Å². The Kier molecular flexibility index (Phi) is 6.18. The number of anilines is 2. The number of hydrogen-bond acceptors (Lipinski definition) is 5.